The molecule has 2 aromatic heterocycles. The molecule has 3 aromatic rings. The van der Waals surface area contributed by atoms with Crippen LogP contribution < -0.4 is 16.0 Å². The van der Waals surface area contributed by atoms with Gasteiger partial charge in [-0.2, -0.15) is 0 Å². The first kappa shape index (κ1) is 18.1. The van der Waals surface area contributed by atoms with Gasteiger partial charge in [0, 0.05) is 28.4 Å². The molecule has 0 aliphatic carbocycles. The standard InChI is InChI=1S/C18H17IN6O/c19-14-5-3-4-13(12-14)18(26)22-11-10-21-16-7-8-17(25-24-16)23-15-6-1-2-9-20-15/h1-9,12H,10-11H2,(H,21,24)(H,22,26)(H,20,23,25). The molecule has 0 fully saturated rings. The molecule has 0 aliphatic heterocycles. The number of anilines is 3. The first-order chi connectivity index (χ1) is 12.7. The number of nitrogens with zero attached hydrogens (tertiary/aromatic N) is 3. The quantitative estimate of drug-likeness (QED) is 0.371. The van der Waals surface area contributed by atoms with Gasteiger partial charge in [0.2, 0.25) is 0 Å². The highest BCUT2D eigenvalue weighted by Gasteiger charge is 2.05. The molecule has 1 amide bonds. The van der Waals surface area contributed by atoms with Crippen molar-refractivity contribution >= 4 is 46.0 Å². The van der Waals surface area contributed by atoms with E-state index in [2.05, 4.69) is 53.7 Å². The van der Waals surface area contributed by atoms with Gasteiger partial charge < -0.3 is 16.0 Å². The zero-order valence-electron chi connectivity index (χ0n) is 13.8. The molecule has 1 aromatic carbocycles. The van der Waals surface area contributed by atoms with Crippen molar-refractivity contribution < 1.29 is 4.79 Å². The Kier molecular flexibility index (Phi) is 6.31. The van der Waals surface area contributed by atoms with E-state index in [1.54, 1.807) is 12.3 Å². The Morgan fingerprint density at radius 1 is 0.923 bits per heavy atom. The van der Waals surface area contributed by atoms with E-state index < -0.39 is 0 Å². The van der Waals surface area contributed by atoms with Crippen LogP contribution in [0.2, 0.25) is 0 Å². The summed E-state index contributed by atoms with van der Waals surface area (Å²) in [5.74, 6) is 1.87. The Hall–Kier alpha value is -2.75. The van der Waals surface area contributed by atoms with Crippen molar-refractivity contribution in [1.82, 2.24) is 20.5 Å². The van der Waals surface area contributed by atoms with Crippen LogP contribution >= 0.6 is 22.6 Å². The number of carbonyl (C=O) groups excluding carboxylic acids is 1. The molecule has 0 aliphatic rings. The molecule has 26 heavy (non-hydrogen) atoms. The topological polar surface area (TPSA) is 91.8 Å². The van der Waals surface area contributed by atoms with Crippen LogP contribution in [0, 0.1) is 3.57 Å². The predicted molar refractivity (Wildman–Crippen MR) is 110 cm³/mol. The monoisotopic (exact) mass is 460 g/mol. The second kappa shape index (κ2) is 9.09. The number of hydrogen-bond acceptors (Lipinski definition) is 6. The van der Waals surface area contributed by atoms with Gasteiger partial charge in [-0.25, -0.2) is 4.98 Å². The van der Waals surface area contributed by atoms with Crippen molar-refractivity contribution in [3.8, 4) is 0 Å². The number of nitrogens with one attached hydrogen (secondary N) is 3. The van der Waals surface area contributed by atoms with Crippen LogP contribution in [-0.2, 0) is 0 Å². The molecule has 0 atom stereocenters. The summed E-state index contributed by atoms with van der Waals surface area (Å²) in [5.41, 5.74) is 0.654. The van der Waals surface area contributed by atoms with Crippen molar-refractivity contribution in [2.45, 2.75) is 0 Å². The molecular weight excluding hydrogens is 443 g/mol. The average Bonchev–Trinajstić information content (AvgIpc) is 2.67. The van der Waals surface area contributed by atoms with Crippen LogP contribution in [0.5, 0.6) is 0 Å². The number of amides is 1. The van der Waals surface area contributed by atoms with Gasteiger partial charge in [0.25, 0.3) is 5.91 Å². The maximum atomic E-state index is 12.0. The number of aromatic nitrogens is 3. The highest BCUT2D eigenvalue weighted by molar-refractivity contribution is 14.1. The zero-order chi connectivity index (χ0) is 18.2. The Morgan fingerprint density at radius 2 is 1.77 bits per heavy atom. The van der Waals surface area contributed by atoms with E-state index in [4.69, 9.17) is 0 Å². The molecule has 0 saturated heterocycles. The summed E-state index contributed by atoms with van der Waals surface area (Å²) in [6.07, 6.45) is 1.70. The molecule has 3 N–H and O–H groups in total. The maximum Gasteiger partial charge on any atom is 0.251 e. The van der Waals surface area contributed by atoms with Crippen LogP contribution in [0.1, 0.15) is 10.4 Å². The van der Waals surface area contributed by atoms with Crippen LogP contribution in [0.25, 0.3) is 0 Å². The van der Waals surface area contributed by atoms with Crippen molar-refractivity contribution in [2.24, 2.45) is 0 Å². The molecule has 8 heteroatoms. The van der Waals surface area contributed by atoms with E-state index in [0.717, 1.165) is 3.57 Å². The van der Waals surface area contributed by atoms with Gasteiger partial charge in [0.1, 0.15) is 11.6 Å². The Bertz CT molecular complexity index is 857. The number of hydrogen-bond donors (Lipinski definition) is 3. The zero-order valence-corrected chi connectivity index (χ0v) is 16.0. The largest absolute Gasteiger partial charge is 0.367 e. The molecule has 0 spiro atoms. The summed E-state index contributed by atoms with van der Waals surface area (Å²) in [4.78, 5) is 16.2. The van der Waals surface area contributed by atoms with Gasteiger partial charge in [-0.15, -0.1) is 10.2 Å². The fraction of sp³-hybridized carbons (Fsp3) is 0.111. The molecule has 0 saturated carbocycles. The van der Waals surface area contributed by atoms with E-state index in [1.807, 2.05) is 48.5 Å². The summed E-state index contributed by atoms with van der Waals surface area (Å²) in [5, 5.41) is 17.2. The van der Waals surface area contributed by atoms with Crippen molar-refractivity contribution in [2.75, 3.05) is 23.7 Å². The van der Waals surface area contributed by atoms with Crippen LogP contribution in [0.15, 0.2) is 60.8 Å². The van der Waals surface area contributed by atoms with E-state index in [-0.39, 0.29) is 5.91 Å². The van der Waals surface area contributed by atoms with Gasteiger partial charge >= 0.3 is 0 Å². The molecule has 0 unspecified atom stereocenters. The molecule has 7 nitrogen and oxygen atoms in total. The van der Waals surface area contributed by atoms with E-state index >= 15 is 0 Å². The fourth-order valence-corrected chi connectivity index (χ4v) is 2.70. The molecule has 132 valence electrons. The van der Waals surface area contributed by atoms with Crippen molar-refractivity contribution in [1.29, 1.82) is 0 Å². The first-order valence-electron chi connectivity index (χ1n) is 8.00. The van der Waals surface area contributed by atoms with Gasteiger partial charge in [0.15, 0.2) is 5.82 Å². The van der Waals surface area contributed by atoms with Gasteiger partial charge in [0.05, 0.1) is 0 Å². The summed E-state index contributed by atoms with van der Waals surface area (Å²) >= 11 is 2.18. The number of rotatable bonds is 7. The Labute approximate surface area is 164 Å². The molecule has 0 bridgehead atoms. The molecule has 2 heterocycles. The third-order valence-electron chi connectivity index (χ3n) is 3.39. The van der Waals surface area contributed by atoms with Gasteiger partial charge in [-0.3, -0.25) is 4.79 Å². The lowest BCUT2D eigenvalue weighted by Gasteiger charge is -2.08. The fourth-order valence-electron chi connectivity index (χ4n) is 2.16. The summed E-state index contributed by atoms with van der Waals surface area (Å²) in [6, 6.07) is 16.7. The number of benzene rings is 1. The van der Waals surface area contributed by atoms with Gasteiger partial charge in [-0.1, -0.05) is 12.1 Å². The third-order valence-corrected chi connectivity index (χ3v) is 4.06. The smallest absolute Gasteiger partial charge is 0.251 e. The first-order valence-corrected chi connectivity index (χ1v) is 9.08. The van der Waals surface area contributed by atoms with Crippen LogP contribution in [0.3, 0.4) is 0 Å². The van der Waals surface area contributed by atoms with Crippen LogP contribution in [0.4, 0.5) is 17.5 Å². The number of pyridine rings is 1. The summed E-state index contributed by atoms with van der Waals surface area (Å²) in [6.45, 7) is 1.04. The van der Waals surface area contributed by atoms with Gasteiger partial charge in [-0.05, 0) is 65.1 Å². The van der Waals surface area contributed by atoms with E-state index in [9.17, 15) is 4.79 Å². The van der Waals surface area contributed by atoms with Crippen molar-refractivity contribution in [3.05, 3.63) is 69.9 Å². The van der Waals surface area contributed by atoms with Crippen molar-refractivity contribution in [3.63, 3.8) is 0 Å². The Balaban J connectivity index is 1.43. The molecular formula is C18H17IN6O. The second-order valence-electron chi connectivity index (χ2n) is 5.34. The average molecular weight is 460 g/mol. The molecule has 0 radical (unpaired) electrons. The lowest BCUT2D eigenvalue weighted by molar-refractivity contribution is 0.0955. The highest BCUT2D eigenvalue weighted by Crippen LogP contribution is 2.11. The normalized spacial score (nSPS) is 10.2. The van der Waals surface area contributed by atoms with E-state index in [0.29, 0.717) is 36.1 Å². The Morgan fingerprint density at radius 3 is 2.50 bits per heavy atom. The molecule has 3 rings (SSSR count). The SMILES string of the molecule is O=C(NCCNc1ccc(Nc2ccccn2)nn1)c1cccc(I)c1. The van der Waals surface area contributed by atoms with Crippen LogP contribution in [-0.4, -0.2) is 34.2 Å². The number of halogens is 1. The lowest BCUT2D eigenvalue weighted by atomic mass is 10.2. The lowest BCUT2D eigenvalue weighted by Crippen LogP contribution is -2.28. The third kappa shape index (κ3) is 5.38. The maximum absolute atomic E-state index is 12.0. The number of carbonyl (C=O) groups is 1. The van der Waals surface area contributed by atoms with E-state index in [1.165, 1.54) is 0 Å². The highest BCUT2D eigenvalue weighted by atomic mass is 127. The minimum absolute atomic E-state index is 0.0914. The minimum atomic E-state index is -0.0914. The summed E-state index contributed by atoms with van der Waals surface area (Å²) in [7, 11) is 0. The second-order valence-corrected chi connectivity index (χ2v) is 6.58. The summed E-state index contributed by atoms with van der Waals surface area (Å²) < 4.78 is 1.03. The minimum Gasteiger partial charge on any atom is -0.367 e. The predicted octanol–water partition coefficient (Wildman–Crippen LogP) is 3.06.